The van der Waals surface area contributed by atoms with Gasteiger partial charge in [-0.3, -0.25) is 9.59 Å². The van der Waals surface area contributed by atoms with Gasteiger partial charge in [0.25, 0.3) is 0 Å². The molecule has 0 aliphatic rings. The van der Waals surface area contributed by atoms with Crippen molar-refractivity contribution in [2.24, 2.45) is 0 Å². The summed E-state index contributed by atoms with van der Waals surface area (Å²) in [6.45, 7) is 9.14. The van der Waals surface area contributed by atoms with Crippen LogP contribution in [0.5, 0.6) is 0 Å². The first kappa shape index (κ1) is 22.9. The fraction of sp³-hybridized carbons (Fsp3) is 0.706. The molecule has 1 rings (SSSR count). The van der Waals surface area contributed by atoms with Gasteiger partial charge in [-0.1, -0.05) is 4.98 Å². The normalized spacial score (nSPS) is 13.4. The van der Waals surface area contributed by atoms with E-state index in [4.69, 9.17) is 4.74 Å². The maximum absolute atomic E-state index is 12.6. The highest BCUT2D eigenvalue weighted by molar-refractivity contribution is 5.87. The second kappa shape index (κ2) is 9.16. The first-order chi connectivity index (χ1) is 12.4. The largest absolute Gasteiger partial charge is 0.434 e. The fourth-order valence-corrected chi connectivity index (χ4v) is 2.15. The Kier molecular flexibility index (Phi) is 7.76. The Morgan fingerprint density at radius 1 is 1.26 bits per heavy atom. The van der Waals surface area contributed by atoms with Gasteiger partial charge in [0, 0.05) is 20.2 Å². The van der Waals surface area contributed by atoms with Crippen LogP contribution in [0, 0.1) is 10.1 Å². The smallest absolute Gasteiger partial charge is 0.390 e. The van der Waals surface area contributed by atoms with Crippen LogP contribution in [0.15, 0.2) is 12.4 Å². The van der Waals surface area contributed by atoms with Crippen molar-refractivity contribution in [3.63, 3.8) is 0 Å². The van der Waals surface area contributed by atoms with Gasteiger partial charge in [-0.05, 0) is 39.5 Å². The van der Waals surface area contributed by atoms with Crippen molar-refractivity contribution < 1.29 is 19.2 Å². The number of carbonyl (C=O) groups excluding carboxylic acids is 2. The van der Waals surface area contributed by atoms with Gasteiger partial charge in [0.05, 0.1) is 17.2 Å². The summed E-state index contributed by atoms with van der Waals surface area (Å²) in [7, 11) is 1.55. The Labute approximate surface area is 158 Å². The Morgan fingerprint density at radius 2 is 1.81 bits per heavy atom. The highest BCUT2D eigenvalue weighted by atomic mass is 16.6. The molecule has 0 saturated heterocycles. The molecule has 10 nitrogen and oxygen atoms in total. The van der Waals surface area contributed by atoms with Crippen LogP contribution >= 0.6 is 0 Å². The van der Waals surface area contributed by atoms with Crippen molar-refractivity contribution in [2.45, 2.75) is 58.3 Å². The topological polar surface area (TPSA) is 128 Å². The lowest BCUT2D eigenvalue weighted by molar-refractivity contribution is -0.396. The molecule has 1 aromatic rings. The maximum Gasteiger partial charge on any atom is 0.434 e. The fourth-order valence-electron chi connectivity index (χ4n) is 2.15. The SMILES string of the molecule is COC(CNC(C)(C)C(C)=O)CNC(C)(C)C(=O)Cn1ccnc1[N+](=O)[O-]. The van der Waals surface area contributed by atoms with Crippen LogP contribution in [0.1, 0.15) is 34.6 Å². The van der Waals surface area contributed by atoms with Crippen LogP contribution in [0.25, 0.3) is 0 Å². The molecule has 27 heavy (non-hydrogen) atoms. The van der Waals surface area contributed by atoms with E-state index in [9.17, 15) is 19.7 Å². The number of ether oxygens (including phenoxy) is 1. The van der Waals surface area contributed by atoms with Crippen molar-refractivity contribution in [3.05, 3.63) is 22.5 Å². The van der Waals surface area contributed by atoms with Gasteiger partial charge in [-0.2, -0.15) is 0 Å². The average molecular weight is 383 g/mol. The molecule has 0 fully saturated rings. The van der Waals surface area contributed by atoms with Gasteiger partial charge in [-0.15, -0.1) is 0 Å². The maximum atomic E-state index is 12.6. The Hall–Kier alpha value is -2.17. The Balaban J connectivity index is 2.64. The highest BCUT2D eigenvalue weighted by Crippen LogP contribution is 2.12. The molecule has 0 amide bonds. The van der Waals surface area contributed by atoms with Crippen molar-refractivity contribution in [3.8, 4) is 0 Å². The summed E-state index contributed by atoms with van der Waals surface area (Å²) in [6.07, 6.45) is 2.42. The second-order valence-corrected chi connectivity index (χ2v) is 7.46. The number of Topliss-reactive ketones (excluding diaryl/α,β-unsaturated/α-hetero) is 2. The van der Waals surface area contributed by atoms with E-state index in [0.717, 1.165) is 0 Å². The summed E-state index contributed by atoms with van der Waals surface area (Å²) in [5, 5.41) is 17.2. The molecule has 152 valence electrons. The number of nitrogens with one attached hydrogen (secondary N) is 2. The lowest BCUT2D eigenvalue weighted by atomic mass is 9.98. The van der Waals surface area contributed by atoms with E-state index in [1.807, 2.05) is 0 Å². The van der Waals surface area contributed by atoms with Crippen molar-refractivity contribution in [1.82, 2.24) is 20.2 Å². The number of aromatic nitrogens is 2. The van der Waals surface area contributed by atoms with Crippen LogP contribution in [0.2, 0.25) is 0 Å². The molecule has 1 aromatic heterocycles. The molecule has 0 aromatic carbocycles. The van der Waals surface area contributed by atoms with Crippen LogP contribution in [-0.2, 0) is 20.9 Å². The summed E-state index contributed by atoms with van der Waals surface area (Å²) < 4.78 is 6.61. The van der Waals surface area contributed by atoms with Crippen molar-refractivity contribution >= 4 is 17.5 Å². The van der Waals surface area contributed by atoms with E-state index >= 15 is 0 Å². The third-order valence-electron chi connectivity index (χ3n) is 4.62. The van der Waals surface area contributed by atoms with Gasteiger partial charge in [-0.25, -0.2) is 4.57 Å². The third kappa shape index (κ3) is 6.49. The van der Waals surface area contributed by atoms with E-state index in [1.54, 1.807) is 34.8 Å². The van der Waals surface area contributed by atoms with Gasteiger partial charge in [0.15, 0.2) is 5.78 Å². The minimum Gasteiger partial charge on any atom is -0.390 e. The summed E-state index contributed by atoms with van der Waals surface area (Å²) in [5.74, 6) is -0.581. The summed E-state index contributed by atoms with van der Waals surface area (Å²) in [4.78, 5) is 38.1. The molecule has 0 aliphatic heterocycles. The van der Waals surface area contributed by atoms with Crippen molar-refractivity contribution in [1.29, 1.82) is 0 Å². The molecule has 2 N–H and O–H groups in total. The zero-order chi connectivity index (χ0) is 20.8. The van der Waals surface area contributed by atoms with E-state index in [1.165, 1.54) is 23.9 Å². The number of hydrogen-bond donors (Lipinski definition) is 2. The molecule has 0 radical (unpaired) electrons. The number of nitrogens with zero attached hydrogens (tertiary/aromatic N) is 3. The van der Waals surface area contributed by atoms with Gasteiger partial charge >= 0.3 is 5.95 Å². The molecule has 0 spiro atoms. The summed E-state index contributed by atoms with van der Waals surface area (Å²) in [5.41, 5.74) is -1.59. The Bertz CT molecular complexity index is 683. The van der Waals surface area contributed by atoms with Gasteiger partial charge in [0.2, 0.25) is 0 Å². The predicted molar refractivity (Wildman–Crippen MR) is 99.5 cm³/mol. The lowest BCUT2D eigenvalue weighted by Crippen LogP contribution is -2.54. The number of nitro groups is 1. The number of methoxy groups -OCH3 is 1. The van der Waals surface area contributed by atoms with E-state index < -0.39 is 16.0 Å². The van der Waals surface area contributed by atoms with Crippen LogP contribution in [0.4, 0.5) is 5.95 Å². The van der Waals surface area contributed by atoms with Crippen molar-refractivity contribution in [2.75, 3.05) is 20.2 Å². The monoisotopic (exact) mass is 383 g/mol. The second-order valence-electron chi connectivity index (χ2n) is 7.46. The molecule has 0 bridgehead atoms. The molecule has 10 heteroatoms. The minimum absolute atomic E-state index is 0.0164. The third-order valence-corrected chi connectivity index (χ3v) is 4.62. The number of carbonyl (C=O) groups is 2. The van der Waals surface area contributed by atoms with Crippen LogP contribution < -0.4 is 10.6 Å². The quantitative estimate of drug-likeness (QED) is 0.399. The zero-order valence-electron chi connectivity index (χ0n) is 16.7. The van der Waals surface area contributed by atoms with Crippen LogP contribution in [0.3, 0.4) is 0 Å². The van der Waals surface area contributed by atoms with E-state index in [2.05, 4.69) is 15.6 Å². The molecule has 1 heterocycles. The average Bonchev–Trinajstić information content (AvgIpc) is 3.03. The summed E-state index contributed by atoms with van der Waals surface area (Å²) >= 11 is 0. The predicted octanol–water partition coefficient (Wildman–Crippen LogP) is 0.701. The number of ketones is 2. The molecular formula is C17H29N5O5. The summed E-state index contributed by atoms with van der Waals surface area (Å²) in [6, 6.07) is 0. The molecular weight excluding hydrogens is 354 g/mol. The highest BCUT2D eigenvalue weighted by Gasteiger charge is 2.31. The standard InChI is InChI=1S/C17H29N5O5/c1-12(23)16(2,3)19-9-13(27-6)10-20-17(4,5)14(24)11-21-8-7-18-15(21)22(25)26/h7-8,13,19-20H,9-11H2,1-6H3. The minimum atomic E-state index is -0.926. The van der Waals surface area contributed by atoms with Gasteiger partial charge in [0.1, 0.15) is 24.7 Å². The first-order valence-electron chi connectivity index (χ1n) is 8.63. The van der Waals surface area contributed by atoms with Gasteiger partial charge < -0.3 is 25.5 Å². The van der Waals surface area contributed by atoms with Crippen LogP contribution in [-0.4, -0.2) is 63.4 Å². The number of hydrogen-bond acceptors (Lipinski definition) is 8. The number of imidazole rings is 1. The number of rotatable bonds is 12. The molecule has 0 saturated carbocycles. The van der Waals surface area contributed by atoms with E-state index in [-0.39, 0.29) is 30.2 Å². The Morgan fingerprint density at radius 3 is 2.30 bits per heavy atom. The molecule has 1 atom stereocenters. The lowest BCUT2D eigenvalue weighted by Gasteiger charge is -2.29. The molecule has 0 aliphatic carbocycles. The first-order valence-corrected chi connectivity index (χ1v) is 8.63. The van der Waals surface area contributed by atoms with E-state index in [0.29, 0.717) is 13.1 Å². The molecule has 1 unspecified atom stereocenters. The zero-order valence-corrected chi connectivity index (χ0v) is 16.7.